The third-order valence-corrected chi connectivity index (χ3v) is 1.98. The van der Waals surface area contributed by atoms with Gasteiger partial charge in [-0.2, -0.15) is 5.10 Å². The number of aryl methyl sites for hydroxylation is 1. The Labute approximate surface area is 77.7 Å². The van der Waals surface area contributed by atoms with Gasteiger partial charge in [0.2, 0.25) is 0 Å². The van der Waals surface area contributed by atoms with Crippen LogP contribution in [0.1, 0.15) is 41.5 Å². The zero-order valence-corrected chi connectivity index (χ0v) is 8.43. The van der Waals surface area contributed by atoms with E-state index in [4.69, 9.17) is 0 Å². The fraction of sp³-hybridized carbons (Fsp3) is 0.556. The Morgan fingerprint density at radius 3 is 2.62 bits per heavy atom. The molecule has 1 aromatic rings. The van der Waals surface area contributed by atoms with E-state index in [1.807, 2.05) is 20.8 Å². The Kier molecular flexibility index (Phi) is 2.70. The second kappa shape index (κ2) is 3.60. The molecule has 0 bridgehead atoms. The van der Waals surface area contributed by atoms with Gasteiger partial charge in [0.15, 0.2) is 0 Å². The summed E-state index contributed by atoms with van der Waals surface area (Å²) in [7, 11) is 1.62. The molecular formula is C9H15N3O. The maximum absolute atomic E-state index is 11.4. The first kappa shape index (κ1) is 9.77. The summed E-state index contributed by atoms with van der Waals surface area (Å²) in [6.07, 6.45) is 0. The van der Waals surface area contributed by atoms with Gasteiger partial charge in [-0.15, -0.1) is 0 Å². The van der Waals surface area contributed by atoms with Crippen molar-refractivity contribution in [2.45, 2.75) is 26.7 Å². The highest BCUT2D eigenvalue weighted by Gasteiger charge is 2.18. The van der Waals surface area contributed by atoms with Crippen LogP contribution in [0.3, 0.4) is 0 Å². The first-order valence-electron chi connectivity index (χ1n) is 4.34. The molecule has 1 heterocycles. The summed E-state index contributed by atoms with van der Waals surface area (Å²) in [6, 6.07) is 0. The number of aromatic nitrogens is 2. The van der Waals surface area contributed by atoms with Crippen LogP contribution in [0.25, 0.3) is 0 Å². The van der Waals surface area contributed by atoms with E-state index >= 15 is 0 Å². The highest BCUT2D eigenvalue weighted by molar-refractivity contribution is 5.96. The van der Waals surface area contributed by atoms with Gasteiger partial charge in [0, 0.05) is 12.7 Å². The van der Waals surface area contributed by atoms with Crippen LogP contribution in [0.2, 0.25) is 0 Å². The zero-order chi connectivity index (χ0) is 10.0. The summed E-state index contributed by atoms with van der Waals surface area (Å²) in [5, 5.41) is 9.53. The number of rotatable bonds is 2. The molecule has 1 aromatic heterocycles. The number of amides is 1. The van der Waals surface area contributed by atoms with Crippen LogP contribution in [0.15, 0.2) is 0 Å². The molecule has 72 valence electrons. The van der Waals surface area contributed by atoms with Crippen molar-refractivity contribution in [3.63, 3.8) is 0 Å². The number of hydrogen-bond acceptors (Lipinski definition) is 2. The minimum absolute atomic E-state index is 0.0741. The van der Waals surface area contributed by atoms with Crippen LogP contribution in [-0.2, 0) is 0 Å². The minimum Gasteiger partial charge on any atom is -0.355 e. The highest BCUT2D eigenvalue weighted by atomic mass is 16.1. The van der Waals surface area contributed by atoms with Gasteiger partial charge in [-0.3, -0.25) is 9.89 Å². The summed E-state index contributed by atoms with van der Waals surface area (Å²) in [4.78, 5) is 11.4. The van der Waals surface area contributed by atoms with E-state index in [9.17, 15) is 4.79 Å². The lowest BCUT2D eigenvalue weighted by molar-refractivity contribution is 0.0961. The topological polar surface area (TPSA) is 57.8 Å². The van der Waals surface area contributed by atoms with E-state index in [0.717, 1.165) is 11.4 Å². The molecule has 1 amide bonds. The molecule has 0 aliphatic heterocycles. The van der Waals surface area contributed by atoms with Crippen LogP contribution < -0.4 is 5.32 Å². The Bertz CT molecular complexity index is 315. The number of carbonyl (C=O) groups is 1. The lowest BCUT2D eigenvalue weighted by atomic mass is 10.0. The molecule has 2 N–H and O–H groups in total. The van der Waals surface area contributed by atoms with Gasteiger partial charge in [0.1, 0.15) is 0 Å². The molecule has 0 saturated heterocycles. The largest absolute Gasteiger partial charge is 0.355 e. The number of nitrogens with zero attached hydrogens (tertiary/aromatic N) is 1. The first-order valence-corrected chi connectivity index (χ1v) is 4.34. The molecule has 0 radical (unpaired) electrons. The van der Waals surface area contributed by atoms with Crippen molar-refractivity contribution in [3.8, 4) is 0 Å². The average molecular weight is 181 g/mol. The molecular weight excluding hydrogens is 166 g/mol. The molecule has 4 nitrogen and oxygen atoms in total. The van der Waals surface area contributed by atoms with Gasteiger partial charge in [-0.1, -0.05) is 13.8 Å². The predicted molar refractivity (Wildman–Crippen MR) is 50.8 cm³/mol. The van der Waals surface area contributed by atoms with Gasteiger partial charge in [0.25, 0.3) is 5.91 Å². The van der Waals surface area contributed by atoms with E-state index in [2.05, 4.69) is 15.5 Å². The molecule has 13 heavy (non-hydrogen) atoms. The van der Waals surface area contributed by atoms with Crippen LogP contribution in [0, 0.1) is 6.92 Å². The normalized spacial score (nSPS) is 10.5. The van der Waals surface area contributed by atoms with E-state index in [0.29, 0.717) is 5.56 Å². The SMILES string of the molecule is CNC(=O)c1c(C(C)C)n[nH]c1C. The smallest absolute Gasteiger partial charge is 0.254 e. The number of hydrogen-bond donors (Lipinski definition) is 2. The van der Waals surface area contributed by atoms with Crippen molar-refractivity contribution < 1.29 is 4.79 Å². The molecule has 4 heteroatoms. The summed E-state index contributed by atoms with van der Waals surface area (Å²) in [6.45, 7) is 5.88. The van der Waals surface area contributed by atoms with Gasteiger partial charge in [0.05, 0.1) is 11.3 Å². The number of H-pyrrole nitrogens is 1. The van der Waals surface area contributed by atoms with Crippen molar-refractivity contribution in [3.05, 3.63) is 17.0 Å². The van der Waals surface area contributed by atoms with E-state index in [-0.39, 0.29) is 11.8 Å². The quantitative estimate of drug-likeness (QED) is 0.720. The predicted octanol–water partition coefficient (Wildman–Crippen LogP) is 1.20. The van der Waals surface area contributed by atoms with E-state index in [1.54, 1.807) is 7.05 Å². The Hall–Kier alpha value is -1.32. The standard InChI is InChI=1S/C9H15N3O/c1-5(2)8-7(9(13)10-4)6(3)11-12-8/h5H,1-4H3,(H,10,13)(H,11,12). The third kappa shape index (κ3) is 1.71. The molecule has 0 unspecified atom stereocenters. The number of carbonyl (C=O) groups excluding carboxylic acids is 1. The summed E-state index contributed by atoms with van der Waals surface area (Å²) in [5.74, 6) is 0.187. The monoisotopic (exact) mass is 181 g/mol. The van der Waals surface area contributed by atoms with E-state index < -0.39 is 0 Å². The molecule has 1 rings (SSSR count). The molecule has 0 saturated carbocycles. The minimum atomic E-state index is -0.0741. The lowest BCUT2D eigenvalue weighted by Crippen LogP contribution is -2.20. The molecule has 0 spiro atoms. The van der Waals surface area contributed by atoms with Crippen LogP contribution in [0.5, 0.6) is 0 Å². The Balaban J connectivity index is 3.16. The van der Waals surface area contributed by atoms with Crippen molar-refractivity contribution in [1.82, 2.24) is 15.5 Å². The zero-order valence-electron chi connectivity index (χ0n) is 8.43. The van der Waals surface area contributed by atoms with Crippen LogP contribution in [-0.4, -0.2) is 23.2 Å². The summed E-state index contributed by atoms with van der Waals surface area (Å²) < 4.78 is 0. The Morgan fingerprint density at radius 2 is 2.15 bits per heavy atom. The van der Waals surface area contributed by atoms with Gasteiger partial charge >= 0.3 is 0 Å². The average Bonchev–Trinajstić information content (AvgIpc) is 2.46. The van der Waals surface area contributed by atoms with Gasteiger partial charge in [-0.25, -0.2) is 0 Å². The third-order valence-electron chi connectivity index (χ3n) is 1.98. The second-order valence-corrected chi connectivity index (χ2v) is 3.34. The highest BCUT2D eigenvalue weighted by Crippen LogP contribution is 2.18. The molecule has 0 atom stereocenters. The summed E-state index contributed by atoms with van der Waals surface area (Å²) in [5.41, 5.74) is 2.33. The molecule has 0 aromatic carbocycles. The number of nitrogens with one attached hydrogen (secondary N) is 2. The molecule has 0 fully saturated rings. The fourth-order valence-electron chi connectivity index (χ4n) is 1.28. The number of aromatic amines is 1. The van der Waals surface area contributed by atoms with Crippen molar-refractivity contribution in [2.24, 2.45) is 0 Å². The lowest BCUT2D eigenvalue weighted by Gasteiger charge is -2.04. The second-order valence-electron chi connectivity index (χ2n) is 3.34. The molecule has 0 aliphatic carbocycles. The summed E-state index contributed by atoms with van der Waals surface area (Å²) >= 11 is 0. The van der Waals surface area contributed by atoms with Gasteiger partial charge < -0.3 is 5.32 Å². The molecule has 0 aliphatic rings. The maximum Gasteiger partial charge on any atom is 0.254 e. The Morgan fingerprint density at radius 1 is 1.54 bits per heavy atom. The fourth-order valence-corrected chi connectivity index (χ4v) is 1.28. The first-order chi connectivity index (χ1) is 6.07. The van der Waals surface area contributed by atoms with Crippen LogP contribution in [0.4, 0.5) is 0 Å². The van der Waals surface area contributed by atoms with Gasteiger partial charge in [-0.05, 0) is 12.8 Å². The van der Waals surface area contributed by atoms with Crippen LogP contribution >= 0.6 is 0 Å². The van der Waals surface area contributed by atoms with Crippen molar-refractivity contribution >= 4 is 5.91 Å². The van der Waals surface area contributed by atoms with Crippen molar-refractivity contribution in [1.29, 1.82) is 0 Å². The van der Waals surface area contributed by atoms with E-state index in [1.165, 1.54) is 0 Å². The maximum atomic E-state index is 11.4. The van der Waals surface area contributed by atoms with Crippen molar-refractivity contribution in [2.75, 3.05) is 7.05 Å².